The van der Waals surface area contributed by atoms with Gasteiger partial charge in [0.25, 0.3) is 5.91 Å². The molecule has 0 bridgehead atoms. The molecular weight excluding hydrogens is 156 g/mol. The summed E-state index contributed by atoms with van der Waals surface area (Å²) in [5.74, 6) is -0.585. The van der Waals surface area contributed by atoms with Gasteiger partial charge in [0.1, 0.15) is 5.69 Å². The second kappa shape index (κ2) is 2.81. The third-order valence-electron chi connectivity index (χ3n) is 1.77. The third-order valence-corrected chi connectivity index (χ3v) is 1.77. The van der Waals surface area contributed by atoms with Crippen LogP contribution >= 0.6 is 0 Å². The number of amides is 1. The molecular formula is C8H10N2O2. The average molecular weight is 166 g/mol. The Hall–Kier alpha value is -1.58. The number of rotatable bonds is 1. The highest BCUT2D eigenvalue weighted by Gasteiger charge is 2.05. The molecule has 12 heavy (non-hydrogen) atoms. The number of pyridine rings is 1. The van der Waals surface area contributed by atoms with E-state index < -0.39 is 5.91 Å². The second-order valence-electron chi connectivity index (χ2n) is 2.64. The summed E-state index contributed by atoms with van der Waals surface area (Å²) < 4.78 is 1.59. The van der Waals surface area contributed by atoms with Gasteiger partial charge in [-0.3, -0.25) is 9.59 Å². The van der Waals surface area contributed by atoms with Crippen molar-refractivity contribution in [3.63, 3.8) is 0 Å². The average Bonchev–Trinajstić information content (AvgIpc) is 1.96. The molecule has 0 aromatic carbocycles. The largest absolute Gasteiger partial charge is 0.364 e. The monoisotopic (exact) mass is 166 g/mol. The van der Waals surface area contributed by atoms with E-state index in [9.17, 15) is 9.59 Å². The van der Waals surface area contributed by atoms with E-state index in [0.29, 0.717) is 0 Å². The van der Waals surface area contributed by atoms with Gasteiger partial charge >= 0.3 is 0 Å². The third kappa shape index (κ3) is 1.37. The molecule has 0 aliphatic heterocycles. The van der Waals surface area contributed by atoms with Gasteiger partial charge in [-0.2, -0.15) is 0 Å². The molecule has 2 N–H and O–H groups in total. The van der Waals surface area contributed by atoms with Gasteiger partial charge in [0.05, 0.1) is 0 Å². The maximum Gasteiger partial charge on any atom is 0.265 e. The number of nitrogens with zero attached hydrogens (tertiary/aromatic N) is 1. The Balaban J connectivity index is 3.48. The molecule has 1 aromatic heterocycles. The number of hydrogen-bond donors (Lipinski definition) is 1. The van der Waals surface area contributed by atoms with Crippen LogP contribution in [0.4, 0.5) is 0 Å². The van der Waals surface area contributed by atoms with Crippen molar-refractivity contribution in [2.75, 3.05) is 0 Å². The molecule has 0 unspecified atom stereocenters. The van der Waals surface area contributed by atoms with Gasteiger partial charge < -0.3 is 10.3 Å². The summed E-state index contributed by atoms with van der Waals surface area (Å²) in [5, 5.41) is 0. The predicted molar refractivity (Wildman–Crippen MR) is 44.9 cm³/mol. The lowest BCUT2D eigenvalue weighted by Gasteiger charge is -2.07. The van der Waals surface area contributed by atoms with Crippen LogP contribution in [0.3, 0.4) is 0 Å². The fourth-order valence-electron chi connectivity index (χ4n) is 1.00. The van der Waals surface area contributed by atoms with E-state index in [1.807, 2.05) is 0 Å². The van der Waals surface area contributed by atoms with Crippen LogP contribution in [0.5, 0.6) is 0 Å². The van der Waals surface area contributed by atoms with Gasteiger partial charge in [0.2, 0.25) is 0 Å². The van der Waals surface area contributed by atoms with E-state index in [1.165, 1.54) is 12.1 Å². The Bertz CT molecular complexity index is 379. The van der Waals surface area contributed by atoms with E-state index in [1.54, 1.807) is 18.5 Å². The number of nitrogens with two attached hydrogens (primary N) is 1. The van der Waals surface area contributed by atoms with Crippen LogP contribution in [0.1, 0.15) is 16.2 Å². The van der Waals surface area contributed by atoms with Crippen molar-refractivity contribution in [3.05, 3.63) is 33.7 Å². The predicted octanol–water partition coefficient (Wildman–Crippen LogP) is -0.207. The zero-order chi connectivity index (χ0) is 9.30. The van der Waals surface area contributed by atoms with Gasteiger partial charge in [-0.05, 0) is 6.92 Å². The summed E-state index contributed by atoms with van der Waals surface area (Å²) in [4.78, 5) is 21.7. The lowest BCUT2D eigenvalue weighted by Crippen LogP contribution is -2.21. The van der Waals surface area contributed by atoms with E-state index in [2.05, 4.69) is 0 Å². The Labute approximate surface area is 69.6 Å². The Morgan fingerprint density at radius 1 is 1.50 bits per heavy atom. The van der Waals surface area contributed by atoms with Gasteiger partial charge in [-0.15, -0.1) is 0 Å². The SMILES string of the molecule is Cc1cc(=O)cc(C(N)=O)n1C. The van der Waals surface area contributed by atoms with Crippen molar-refractivity contribution in [1.29, 1.82) is 0 Å². The molecule has 0 aliphatic rings. The fourth-order valence-corrected chi connectivity index (χ4v) is 1.00. The summed E-state index contributed by atoms with van der Waals surface area (Å²) in [6.07, 6.45) is 0. The molecule has 0 aliphatic carbocycles. The first-order chi connectivity index (χ1) is 5.52. The highest BCUT2D eigenvalue weighted by atomic mass is 16.1. The fraction of sp³-hybridized carbons (Fsp3) is 0.250. The summed E-state index contributed by atoms with van der Waals surface area (Å²) in [6, 6.07) is 2.68. The maximum absolute atomic E-state index is 10.9. The zero-order valence-corrected chi connectivity index (χ0v) is 7.00. The van der Waals surface area contributed by atoms with Gasteiger partial charge in [0, 0.05) is 24.9 Å². The Morgan fingerprint density at radius 3 is 2.58 bits per heavy atom. The molecule has 0 radical (unpaired) electrons. The second-order valence-corrected chi connectivity index (χ2v) is 2.64. The number of aryl methyl sites for hydroxylation is 1. The molecule has 1 rings (SSSR count). The quantitative estimate of drug-likeness (QED) is 0.627. The number of primary amides is 1. The van der Waals surface area contributed by atoms with Crippen molar-refractivity contribution in [3.8, 4) is 0 Å². The van der Waals surface area contributed by atoms with Crippen molar-refractivity contribution >= 4 is 5.91 Å². The molecule has 0 spiro atoms. The number of hydrogen-bond acceptors (Lipinski definition) is 2. The summed E-state index contributed by atoms with van der Waals surface area (Å²) in [5.41, 5.74) is 5.81. The standard InChI is InChI=1S/C8H10N2O2/c1-5-3-6(11)4-7(8(9)12)10(5)2/h3-4H,1-2H3,(H2,9,12). The first-order valence-electron chi connectivity index (χ1n) is 3.50. The molecule has 0 saturated heterocycles. The van der Waals surface area contributed by atoms with Crippen LogP contribution in [-0.2, 0) is 7.05 Å². The normalized spacial score (nSPS) is 9.83. The smallest absolute Gasteiger partial charge is 0.265 e. The van der Waals surface area contributed by atoms with Crippen molar-refractivity contribution in [2.45, 2.75) is 6.92 Å². The molecule has 0 saturated carbocycles. The first kappa shape index (κ1) is 8.52. The van der Waals surface area contributed by atoms with Crippen molar-refractivity contribution in [2.24, 2.45) is 12.8 Å². The molecule has 1 heterocycles. The molecule has 1 amide bonds. The summed E-state index contributed by atoms with van der Waals surface area (Å²) in [6.45, 7) is 1.74. The van der Waals surface area contributed by atoms with E-state index in [-0.39, 0.29) is 11.1 Å². The minimum atomic E-state index is -0.585. The maximum atomic E-state index is 10.9. The number of aromatic nitrogens is 1. The van der Waals surface area contributed by atoms with Gasteiger partial charge in [-0.1, -0.05) is 0 Å². The highest BCUT2D eigenvalue weighted by molar-refractivity contribution is 5.91. The van der Waals surface area contributed by atoms with Crippen molar-refractivity contribution in [1.82, 2.24) is 4.57 Å². The Morgan fingerprint density at radius 2 is 2.08 bits per heavy atom. The minimum Gasteiger partial charge on any atom is -0.364 e. The van der Waals surface area contributed by atoms with Crippen LogP contribution in [-0.4, -0.2) is 10.5 Å². The van der Waals surface area contributed by atoms with E-state index in [0.717, 1.165) is 5.69 Å². The lowest BCUT2D eigenvalue weighted by atomic mass is 10.3. The van der Waals surface area contributed by atoms with E-state index >= 15 is 0 Å². The minimum absolute atomic E-state index is 0.195. The number of carbonyl (C=O) groups is 1. The molecule has 64 valence electrons. The van der Waals surface area contributed by atoms with Crippen molar-refractivity contribution < 1.29 is 4.79 Å². The van der Waals surface area contributed by atoms with Crippen LogP contribution in [0, 0.1) is 6.92 Å². The van der Waals surface area contributed by atoms with Crippen LogP contribution in [0.15, 0.2) is 16.9 Å². The zero-order valence-electron chi connectivity index (χ0n) is 7.00. The highest BCUT2D eigenvalue weighted by Crippen LogP contribution is 1.97. The van der Waals surface area contributed by atoms with Crippen LogP contribution < -0.4 is 11.2 Å². The first-order valence-corrected chi connectivity index (χ1v) is 3.50. The van der Waals surface area contributed by atoms with E-state index in [4.69, 9.17) is 5.73 Å². The van der Waals surface area contributed by atoms with Gasteiger partial charge in [-0.25, -0.2) is 0 Å². The Kier molecular flexibility index (Phi) is 1.99. The molecule has 4 heteroatoms. The molecule has 0 fully saturated rings. The number of carbonyl (C=O) groups excluding carboxylic acids is 1. The van der Waals surface area contributed by atoms with Crippen LogP contribution in [0.25, 0.3) is 0 Å². The topological polar surface area (TPSA) is 65.1 Å². The van der Waals surface area contributed by atoms with Gasteiger partial charge in [0.15, 0.2) is 5.43 Å². The summed E-state index contributed by atoms with van der Waals surface area (Å²) in [7, 11) is 1.69. The van der Waals surface area contributed by atoms with Crippen LogP contribution in [0.2, 0.25) is 0 Å². The lowest BCUT2D eigenvalue weighted by molar-refractivity contribution is 0.0991. The molecule has 4 nitrogen and oxygen atoms in total. The molecule has 1 aromatic rings. The molecule has 0 atom stereocenters. The summed E-state index contributed by atoms with van der Waals surface area (Å²) >= 11 is 0.